The van der Waals surface area contributed by atoms with Gasteiger partial charge in [-0.2, -0.15) is 5.26 Å². The molecule has 0 unspecified atom stereocenters. The van der Waals surface area contributed by atoms with Crippen LogP contribution in [0.2, 0.25) is 0 Å². The SMILES string of the molecule is Cc1[nH]cnc1-c1cc(-c2ccc3c(c2)OCO3)nc(N)c1C#N. The van der Waals surface area contributed by atoms with Crippen LogP contribution < -0.4 is 15.2 Å². The lowest BCUT2D eigenvalue weighted by atomic mass is 10.0. The summed E-state index contributed by atoms with van der Waals surface area (Å²) in [5, 5.41) is 9.43. The molecule has 0 bridgehead atoms. The number of nitrogen functional groups attached to an aromatic ring is 1. The van der Waals surface area contributed by atoms with Gasteiger partial charge in [0.15, 0.2) is 11.5 Å². The molecule has 2 aromatic heterocycles. The maximum Gasteiger partial charge on any atom is 0.231 e. The van der Waals surface area contributed by atoms with Gasteiger partial charge in [0.05, 0.1) is 17.7 Å². The van der Waals surface area contributed by atoms with Crippen molar-refractivity contribution in [3.05, 3.63) is 41.9 Å². The van der Waals surface area contributed by atoms with Gasteiger partial charge in [0.1, 0.15) is 17.5 Å². The fraction of sp³-hybridized carbons (Fsp3) is 0.118. The lowest BCUT2D eigenvalue weighted by Crippen LogP contribution is -2.00. The molecule has 7 nitrogen and oxygen atoms in total. The van der Waals surface area contributed by atoms with Crippen molar-refractivity contribution in [3.8, 4) is 40.1 Å². The van der Waals surface area contributed by atoms with Crippen LogP contribution in [-0.4, -0.2) is 21.7 Å². The molecular weight excluding hydrogens is 306 g/mol. The van der Waals surface area contributed by atoms with E-state index in [0.29, 0.717) is 34.0 Å². The molecule has 3 N–H and O–H groups in total. The number of ether oxygens (including phenoxy) is 2. The summed E-state index contributed by atoms with van der Waals surface area (Å²) in [6.07, 6.45) is 1.59. The Bertz CT molecular complexity index is 987. The van der Waals surface area contributed by atoms with Crippen molar-refractivity contribution in [2.45, 2.75) is 6.92 Å². The summed E-state index contributed by atoms with van der Waals surface area (Å²) in [7, 11) is 0. The maximum absolute atomic E-state index is 9.43. The standard InChI is InChI=1S/C17H13N5O2/c1-9-16(21-7-20-9)11-5-13(22-17(19)12(11)6-18)10-2-3-14-15(4-10)24-8-23-14/h2-5,7H,8H2,1H3,(H2,19,22)(H,20,21). The van der Waals surface area contributed by atoms with Crippen LogP contribution in [0.1, 0.15) is 11.3 Å². The zero-order chi connectivity index (χ0) is 16.7. The van der Waals surface area contributed by atoms with E-state index in [-0.39, 0.29) is 12.6 Å². The molecule has 0 saturated heterocycles. The number of pyridine rings is 1. The highest BCUT2D eigenvalue weighted by Gasteiger charge is 2.19. The summed E-state index contributed by atoms with van der Waals surface area (Å²) in [6, 6.07) is 9.48. The van der Waals surface area contributed by atoms with Gasteiger partial charge in [-0.15, -0.1) is 0 Å². The lowest BCUT2D eigenvalue weighted by molar-refractivity contribution is 0.174. The molecule has 0 atom stereocenters. The smallest absolute Gasteiger partial charge is 0.231 e. The molecular formula is C17H13N5O2. The van der Waals surface area contributed by atoms with Crippen LogP contribution >= 0.6 is 0 Å². The number of anilines is 1. The van der Waals surface area contributed by atoms with Crippen molar-refractivity contribution < 1.29 is 9.47 Å². The van der Waals surface area contributed by atoms with E-state index in [1.807, 2.05) is 31.2 Å². The molecule has 118 valence electrons. The number of aromatic amines is 1. The first-order chi connectivity index (χ1) is 11.7. The second-order valence-electron chi connectivity index (χ2n) is 5.37. The maximum atomic E-state index is 9.43. The molecule has 0 fully saturated rings. The van der Waals surface area contributed by atoms with Crippen molar-refractivity contribution in [2.75, 3.05) is 12.5 Å². The predicted octanol–water partition coefficient (Wildman–Crippen LogP) is 2.63. The highest BCUT2D eigenvalue weighted by Crippen LogP contribution is 2.37. The first-order valence-electron chi connectivity index (χ1n) is 7.28. The number of hydrogen-bond donors (Lipinski definition) is 2. The minimum Gasteiger partial charge on any atom is -0.454 e. The molecule has 1 aliphatic heterocycles. The van der Waals surface area contributed by atoms with Crippen LogP contribution in [0, 0.1) is 18.3 Å². The molecule has 3 aromatic rings. The minimum atomic E-state index is 0.171. The number of imidazole rings is 1. The summed E-state index contributed by atoms with van der Waals surface area (Å²) in [5.74, 6) is 1.53. The van der Waals surface area contributed by atoms with E-state index in [0.717, 1.165) is 11.3 Å². The van der Waals surface area contributed by atoms with Crippen LogP contribution in [0.15, 0.2) is 30.6 Å². The summed E-state index contributed by atoms with van der Waals surface area (Å²) in [6.45, 7) is 2.10. The summed E-state index contributed by atoms with van der Waals surface area (Å²) in [5.41, 5.74) is 9.98. The molecule has 0 aliphatic carbocycles. The van der Waals surface area contributed by atoms with Crippen molar-refractivity contribution in [1.29, 1.82) is 5.26 Å². The first kappa shape index (κ1) is 14.1. The fourth-order valence-corrected chi connectivity index (χ4v) is 2.70. The Labute approximate surface area is 137 Å². The predicted molar refractivity (Wildman–Crippen MR) is 87.2 cm³/mol. The van der Waals surface area contributed by atoms with Gasteiger partial charge in [0.2, 0.25) is 6.79 Å². The number of H-pyrrole nitrogens is 1. The molecule has 1 aliphatic rings. The molecule has 3 heterocycles. The van der Waals surface area contributed by atoms with Crippen molar-refractivity contribution in [2.24, 2.45) is 0 Å². The number of aromatic nitrogens is 3. The summed E-state index contributed by atoms with van der Waals surface area (Å²) >= 11 is 0. The number of nitrogens with zero attached hydrogens (tertiary/aromatic N) is 3. The normalized spacial score (nSPS) is 12.2. The third-order valence-corrected chi connectivity index (χ3v) is 3.91. The van der Waals surface area contributed by atoms with Crippen molar-refractivity contribution in [3.63, 3.8) is 0 Å². The number of benzene rings is 1. The van der Waals surface area contributed by atoms with E-state index >= 15 is 0 Å². The lowest BCUT2D eigenvalue weighted by Gasteiger charge is -2.09. The van der Waals surface area contributed by atoms with Gasteiger partial charge in [0.25, 0.3) is 0 Å². The summed E-state index contributed by atoms with van der Waals surface area (Å²) < 4.78 is 10.7. The Kier molecular flexibility index (Phi) is 3.10. The van der Waals surface area contributed by atoms with Crippen molar-refractivity contribution >= 4 is 5.82 Å². The van der Waals surface area contributed by atoms with Gasteiger partial charge < -0.3 is 20.2 Å². The molecule has 7 heteroatoms. The molecule has 24 heavy (non-hydrogen) atoms. The van der Waals surface area contributed by atoms with Crippen molar-refractivity contribution in [1.82, 2.24) is 15.0 Å². The van der Waals surface area contributed by atoms with E-state index in [2.05, 4.69) is 21.0 Å². The molecule has 0 radical (unpaired) electrons. The monoisotopic (exact) mass is 319 g/mol. The Morgan fingerprint density at radius 2 is 2.08 bits per heavy atom. The molecule has 1 aromatic carbocycles. The van der Waals surface area contributed by atoms with E-state index in [4.69, 9.17) is 15.2 Å². The third kappa shape index (κ3) is 2.13. The Hall–Kier alpha value is -3.53. The number of fused-ring (bicyclic) bond motifs is 1. The van der Waals surface area contributed by atoms with Crippen LogP contribution in [0.25, 0.3) is 22.5 Å². The second kappa shape index (κ2) is 5.28. The second-order valence-corrected chi connectivity index (χ2v) is 5.37. The number of rotatable bonds is 2. The van der Waals surface area contributed by atoms with E-state index < -0.39 is 0 Å². The summed E-state index contributed by atoms with van der Waals surface area (Å²) in [4.78, 5) is 11.7. The Balaban J connectivity index is 1.90. The van der Waals surface area contributed by atoms with Crippen LogP contribution in [0.5, 0.6) is 11.5 Å². The third-order valence-electron chi connectivity index (χ3n) is 3.91. The van der Waals surface area contributed by atoms with Gasteiger partial charge >= 0.3 is 0 Å². The largest absolute Gasteiger partial charge is 0.454 e. The van der Waals surface area contributed by atoms with Crippen LogP contribution in [0.3, 0.4) is 0 Å². The van der Waals surface area contributed by atoms with E-state index in [1.54, 1.807) is 6.33 Å². The molecule has 4 rings (SSSR count). The average molecular weight is 319 g/mol. The highest BCUT2D eigenvalue weighted by molar-refractivity contribution is 5.79. The Morgan fingerprint density at radius 3 is 2.83 bits per heavy atom. The number of aryl methyl sites for hydroxylation is 1. The minimum absolute atomic E-state index is 0.171. The van der Waals surface area contributed by atoms with E-state index in [9.17, 15) is 5.26 Å². The quantitative estimate of drug-likeness (QED) is 0.751. The van der Waals surface area contributed by atoms with Crippen LogP contribution in [0.4, 0.5) is 5.82 Å². The van der Waals surface area contributed by atoms with Crippen LogP contribution in [-0.2, 0) is 0 Å². The Morgan fingerprint density at radius 1 is 1.25 bits per heavy atom. The fourth-order valence-electron chi connectivity index (χ4n) is 2.70. The molecule has 0 saturated carbocycles. The van der Waals surface area contributed by atoms with Gasteiger partial charge in [-0.25, -0.2) is 9.97 Å². The van der Waals surface area contributed by atoms with Gasteiger partial charge in [0, 0.05) is 16.8 Å². The van der Waals surface area contributed by atoms with Gasteiger partial charge in [-0.1, -0.05) is 0 Å². The first-order valence-corrected chi connectivity index (χ1v) is 7.28. The number of nitrogens with two attached hydrogens (primary N) is 1. The number of hydrogen-bond acceptors (Lipinski definition) is 6. The zero-order valence-electron chi connectivity index (χ0n) is 12.8. The highest BCUT2D eigenvalue weighted by atomic mass is 16.7. The van der Waals surface area contributed by atoms with Gasteiger partial charge in [-0.3, -0.25) is 0 Å². The number of nitrogens with one attached hydrogen (secondary N) is 1. The number of nitriles is 1. The zero-order valence-corrected chi connectivity index (χ0v) is 12.8. The molecule has 0 spiro atoms. The van der Waals surface area contributed by atoms with Gasteiger partial charge in [-0.05, 0) is 31.2 Å². The molecule has 0 amide bonds. The topological polar surface area (TPSA) is 110 Å². The van der Waals surface area contributed by atoms with E-state index in [1.165, 1.54) is 0 Å². The average Bonchev–Trinajstić information content (AvgIpc) is 3.21.